The zero-order valence-corrected chi connectivity index (χ0v) is 18.5. The van der Waals surface area contributed by atoms with Gasteiger partial charge in [-0.25, -0.2) is 0 Å². The van der Waals surface area contributed by atoms with Gasteiger partial charge in [-0.1, -0.05) is 78.5 Å². The van der Waals surface area contributed by atoms with Gasteiger partial charge in [-0.2, -0.15) is 0 Å². The summed E-state index contributed by atoms with van der Waals surface area (Å²) in [6.45, 7) is 1.54. The molecule has 4 aromatic rings. The Morgan fingerprint density at radius 2 is 1.29 bits per heavy atom. The van der Waals surface area contributed by atoms with Crippen LogP contribution in [-0.2, 0) is 4.79 Å². The summed E-state index contributed by atoms with van der Waals surface area (Å²) < 4.78 is 3.80. The normalized spacial score (nSPS) is 10.7. The third kappa shape index (κ3) is 4.31. The van der Waals surface area contributed by atoms with Crippen LogP contribution in [0.3, 0.4) is 0 Å². The first-order chi connectivity index (χ1) is 15.1. The van der Waals surface area contributed by atoms with Gasteiger partial charge in [0, 0.05) is 5.69 Å². The minimum Gasteiger partial charge on any atom is -0.299 e. The fraction of sp³-hybridized carbons (Fsp3) is 0.0800. The number of hydrogen-bond acceptors (Lipinski definition) is 4. The maximum absolute atomic E-state index is 13.8. The molecule has 3 aromatic carbocycles. The van der Waals surface area contributed by atoms with Gasteiger partial charge in [0.05, 0.1) is 22.0 Å². The lowest BCUT2D eigenvalue weighted by molar-refractivity contribution is -0.114. The number of carbonyl (C=O) groups is 1. The molecule has 0 saturated heterocycles. The van der Waals surface area contributed by atoms with Crippen molar-refractivity contribution in [1.82, 2.24) is 9.13 Å². The van der Waals surface area contributed by atoms with Crippen molar-refractivity contribution in [1.29, 1.82) is 0 Å². The van der Waals surface area contributed by atoms with E-state index < -0.39 is 0 Å². The average Bonchev–Trinajstić information content (AvgIpc) is 2.79. The molecule has 0 bridgehead atoms. The van der Waals surface area contributed by atoms with Gasteiger partial charge in [0.2, 0.25) is 0 Å². The highest BCUT2D eigenvalue weighted by Gasteiger charge is 2.21. The minimum atomic E-state index is -0.208. The second-order valence-electron chi connectivity index (χ2n) is 6.97. The predicted molar refractivity (Wildman–Crippen MR) is 129 cm³/mol. The molecule has 4 nitrogen and oxygen atoms in total. The number of nitrogens with zero attached hydrogens (tertiary/aromatic N) is 2. The van der Waals surface area contributed by atoms with Gasteiger partial charge >= 0.3 is 0 Å². The van der Waals surface area contributed by atoms with Gasteiger partial charge < -0.3 is 0 Å². The van der Waals surface area contributed by atoms with Crippen molar-refractivity contribution in [3.63, 3.8) is 0 Å². The Bertz CT molecular complexity index is 1250. The maximum Gasteiger partial charge on any atom is 0.267 e. The highest BCUT2D eigenvalue weighted by Crippen LogP contribution is 2.32. The van der Waals surface area contributed by atoms with Crippen molar-refractivity contribution in [2.24, 2.45) is 0 Å². The first-order valence-corrected chi connectivity index (χ1v) is 11.2. The Morgan fingerprint density at radius 1 is 0.806 bits per heavy atom. The Balaban J connectivity index is 2.15. The number of Topliss-reactive ketones (excluding diaryl/α,β-unsaturated/α-hetero) is 1. The van der Waals surface area contributed by atoms with E-state index in [0.717, 1.165) is 11.3 Å². The summed E-state index contributed by atoms with van der Waals surface area (Å²) in [5.74, 6) is 0.276. The molecule has 6 heteroatoms. The lowest BCUT2D eigenvalue weighted by Gasteiger charge is -2.21. The van der Waals surface area contributed by atoms with Crippen LogP contribution < -0.4 is 5.56 Å². The molecule has 0 atom stereocenters. The largest absolute Gasteiger partial charge is 0.299 e. The van der Waals surface area contributed by atoms with Crippen molar-refractivity contribution < 1.29 is 4.79 Å². The quantitative estimate of drug-likeness (QED) is 0.217. The molecule has 0 unspecified atom stereocenters. The molecule has 1 heterocycles. The molecule has 0 aliphatic carbocycles. The van der Waals surface area contributed by atoms with E-state index in [1.807, 2.05) is 95.6 Å². The number of thioether (sulfide) groups is 1. The molecule has 0 aliphatic heterocycles. The smallest absolute Gasteiger partial charge is 0.267 e. The third-order valence-corrected chi connectivity index (χ3v) is 6.30. The molecule has 0 amide bonds. The molecule has 0 N–H and O–H groups in total. The molecule has 154 valence electrons. The van der Waals surface area contributed by atoms with E-state index in [0.29, 0.717) is 21.0 Å². The maximum atomic E-state index is 13.8. The number of hydrogen-bond donors (Lipinski definition) is 0. The second-order valence-corrected chi connectivity index (χ2v) is 8.30. The van der Waals surface area contributed by atoms with E-state index in [1.165, 1.54) is 11.8 Å². The van der Waals surface area contributed by atoms with Crippen molar-refractivity contribution in [2.75, 3.05) is 5.75 Å². The summed E-state index contributed by atoms with van der Waals surface area (Å²) >= 11 is 7.19. The second kappa shape index (κ2) is 9.29. The lowest BCUT2D eigenvalue weighted by atomic mass is 10.1. The van der Waals surface area contributed by atoms with Gasteiger partial charge in [0.15, 0.2) is 4.77 Å². The fourth-order valence-corrected chi connectivity index (χ4v) is 4.81. The molecule has 1 aromatic heterocycles. The number of benzene rings is 3. The molecule has 0 radical (unpaired) electrons. The molecule has 0 fully saturated rings. The van der Waals surface area contributed by atoms with E-state index in [4.69, 9.17) is 12.2 Å². The standard InChI is InChI=1S/C25H20N2O2S2/c1-18(28)17-31-24-22(19-11-5-2-6-12-19)23(29)26(20-13-7-3-8-14-20)25(30)27(24)21-15-9-4-10-16-21/h2-16H,17H2,1H3. The highest BCUT2D eigenvalue weighted by atomic mass is 32.2. The summed E-state index contributed by atoms with van der Waals surface area (Å²) in [7, 11) is 0. The molecule has 31 heavy (non-hydrogen) atoms. The Hall–Kier alpha value is -3.22. The zero-order chi connectivity index (χ0) is 21.8. The van der Waals surface area contributed by atoms with E-state index >= 15 is 0 Å². The molecule has 0 spiro atoms. The van der Waals surface area contributed by atoms with E-state index in [2.05, 4.69) is 0 Å². The van der Waals surface area contributed by atoms with Crippen LogP contribution in [0.15, 0.2) is 101 Å². The minimum absolute atomic E-state index is 0.0294. The van der Waals surface area contributed by atoms with Crippen LogP contribution in [0, 0.1) is 4.77 Å². The number of para-hydroxylation sites is 2. The van der Waals surface area contributed by atoms with E-state index in [-0.39, 0.29) is 17.1 Å². The highest BCUT2D eigenvalue weighted by molar-refractivity contribution is 8.00. The molecule has 0 saturated carbocycles. The fourth-order valence-electron chi connectivity index (χ4n) is 3.36. The lowest BCUT2D eigenvalue weighted by Crippen LogP contribution is -2.26. The number of rotatable bonds is 6. The number of carbonyl (C=O) groups excluding carboxylic acids is 1. The van der Waals surface area contributed by atoms with Crippen LogP contribution in [0.1, 0.15) is 6.92 Å². The van der Waals surface area contributed by atoms with Crippen LogP contribution >= 0.6 is 24.0 Å². The van der Waals surface area contributed by atoms with Crippen molar-refractivity contribution in [2.45, 2.75) is 11.9 Å². The van der Waals surface area contributed by atoms with Crippen LogP contribution in [0.2, 0.25) is 0 Å². The van der Waals surface area contributed by atoms with Crippen LogP contribution in [0.5, 0.6) is 0 Å². The van der Waals surface area contributed by atoms with Crippen molar-refractivity contribution >= 4 is 29.8 Å². The predicted octanol–water partition coefficient (Wildman–Crippen LogP) is 5.71. The SMILES string of the molecule is CC(=O)CSc1c(-c2ccccc2)c(=O)n(-c2ccccc2)c(=S)n1-c1ccccc1. The first-order valence-electron chi connectivity index (χ1n) is 9.78. The molecule has 0 aliphatic rings. The van der Waals surface area contributed by atoms with Crippen molar-refractivity contribution in [3.05, 3.63) is 106 Å². The van der Waals surface area contributed by atoms with E-state index in [9.17, 15) is 9.59 Å². The van der Waals surface area contributed by atoms with Crippen LogP contribution in [-0.4, -0.2) is 20.7 Å². The molecular weight excluding hydrogens is 424 g/mol. The summed E-state index contributed by atoms with van der Waals surface area (Å²) in [5, 5.41) is 0.662. The summed E-state index contributed by atoms with van der Waals surface area (Å²) in [5.41, 5.74) is 2.62. The number of aromatic nitrogens is 2. The van der Waals surface area contributed by atoms with Crippen molar-refractivity contribution in [3.8, 4) is 22.5 Å². The van der Waals surface area contributed by atoms with Crippen LogP contribution in [0.4, 0.5) is 0 Å². The summed E-state index contributed by atoms with van der Waals surface area (Å²) in [6.07, 6.45) is 0. The van der Waals surface area contributed by atoms with E-state index in [1.54, 1.807) is 11.5 Å². The van der Waals surface area contributed by atoms with Gasteiger partial charge in [0.25, 0.3) is 5.56 Å². The average molecular weight is 445 g/mol. The van der Waals surface area contributed by atoms with Gasteiger partial charge in [-0.3, -0.25) is 18.7 Å². The summed E-state index contributed by atoms with van der Waals surface area (Å²) in [6, 6.07) is 28.6. The topological polar surface area (TPSA) is 44.0 Å². The third-order valence-electron chi connectivity index (χ3n) is 4.72. The molecular formula is C25H20N2O2S2. The number of ketones is 1. The van der Waals surface area contributed by atoms with Crippen LogP contribution in [0.25, 0.3) is 22.5 Å². The Morgan fingerprint density at radius 3 is 1.81 bits per heavy atom. The Labute approximate surface area is 189 Å². The van der Waals surface area contributed by atoms with Gasteiger partial charge in [-0.05, 0) is 49.0 Å². The molecule has 4 rings (SSSR count). The Kier molecular flexibility index (Phi) is 6.30. The zero-order valence-electron chi connectivity index (χ0n) is 16.9. The first kappa shape index (κ1) is 21.0. The summed E-state index contributed by atoms with van der Waals surface area (Å²) in [4.78, 5) is 25.7. The monoisotopic (exact) mass is 444 g/mol. The van der Waals surface area contributed by atoms with Gasteiger partial charge in [0.1, 0.15) is 5.78 Å². The van der Waals surface area contributed by atoms with Gasteiger partial charge in [-0.15, -0.1) is 0 Å².